The van der Waals surface area contributed by atoms with Gasteiger partial charge >= 0.3 is 0 Å². The molecule has 1 fully saturated rings. The number of aromatic nitrogens is 2. The van der Waals surface area contributed by atoms with Crippen LogP contribution in [0, 0.1) is 6.92 Å². The van der Waals surface area contributed by atoms with Crippen LogP contribution < -0.4 is 5.32 Å². The van der Waals surface area contributed by atoms with Crippen molar-refractivity contribution in [2.75, 3.05) is 13.1 Å². The molecule has 6 heteroatoms. The van der Waals surface area contributed by atoms with Crippen molar-refractivity contribution in [3.8, 4) is 0 Å². The number of likely N-dealkylation sites (tertiary alicyclic amines) is 1. The van der Waals surface area contributed by atoms with Crippen molar-refractivity contribution in [2.45, 2.75) is 38.8 Å². The van der Waals surface area contributed by atoms with Crippen LogP contribution in [0.5, 0.6) is 0 Å². The van der Waals surface area contributed by atoms with Gasteiger partial charge in [-0.2, -0.15) is 4.98 Å². The molecule has 0 bridgehead atoms. The lowest BCUT2D eigenvalue weighted by Gasteiger charge is -2.23. The maximum atomic E-state index is 12.8. The van der Waals surface area contributed by atoms with Gasteiger partial charge in [0.15, 0.2) is 5.82 Å². The Morgan fingerprint density at radius 2 is 2.16 bits per heavy atom. The molecule has 1 saturated heterocycles. The summed E-state index contributed by atoms with van der Waals surface area (Å²) in [6, 6.07) is 9.98. The SMILES string of the molecule is Cc1noc(CN2CCCCC(NC/C=C/c3ccccc3)C2=O)n1. The highest BCUT2D eigenvalue weighted by molar-refractivity contribution is 5.82. The summed E-state index contributed by atoms with van der Waals surface area (Å²) in [6.45, 7) is 3.56. The van der Waals surface area contributed by atoms with Gasteiger partial charge in [-0.05, 0) is 31.7 Å². The van der Waals surface area contributed by atoms with Gasteiger partial charge in [0.05, 0.1) is 6.04 Å². The number of nitrogens with zero attached hydrogens (tertiary/aromatic N) is 3. The predicted molar refractivity (Wildman–Crippen MR) is 95.6 cm³/mol. The molecular weight excluding hydrogens is 316 g/mol. The van der Waals surface area contributed by atoms with Crippen LogP contribution in [0.1, 0.15) is 36.5 Å². The summed E-state index contributed by atoms with van der Waals surface area (Å²) in [5, 5.41) is 7.15. The van der Waals surface area contributed by atoms with Crippen molar-refractivity contribution in [3.63, 3.8) is 0 Å². The Labute approximate surface area is 147 Å². The molecular formula is C19H24N4O2. The summed E-state index contributed by atoms with van der Waals surface area (Å²) in [6.07, 6.45) is 7.01. The van der Waals surface area contributed by atoms with E-state index < -0.39 is 0 Å². The first-order valence-electron chi connectivity index (χ1n) is 8.75. The molecule has 3 rings (SSSR count). The number of nitrogens with one attached hydrogen (secondary N) is 1. The van der Waals surface area contributed by atoms with E-state index >= 15 is 0 Å². The maximum Gasteiger partial charge on any atom is 0.246 e. The first-order chi connectivity index (χ1) is 12.2. The second-order valence-electron chi connectivity index (χ2n) is 6.26. The average Bonchev–Trinajstić information content (AvgIpc) is 2.96. The second kappa shape index (κ2) is 8.58. The number of hydrogen-bond donors (Lipinski definition) is 1. The van der Waals surface area contributed by atoms with Crippen LogP contribution in [-0.2, 0) is 11.3 Å². The number of carbonyl (C=O) groups is 1. The third kappa shape index (κ3) is 5.00. The average molecular weight is 340 g/mol. The third-order valence-electron chi connectivity index (χ3n) is 4.27. The molecule has 1 amide bonds. The molecule has 1 aromatic carbocycles. The standard InChI is InChI=1S/C19H24N4O2/c1-15-21-18(25-22-15)14-23-13-6-5-11-17(19(23)24)20-12-7-10-16-8-3-2-4-9-16/h2-4,7-10,17,20H,5-6,11-14H2,1H3/b10-7+. The first kappa shape index (κ1) is 17.4. The molecule has 1 aromatic heterocycles. The Balaban J connectivity index is 1.54. The van der Waals surface area contributed by atoms with Gasteiger partial charge in [-0.1, -0.05) is 47.6 Å². The predicted octanol–water partition coefficient (Wildman–Crippen LogP) is 2.56. The van der Waals surface area contributed by atoms with Crippen LogP contribution in [0.2, 0.25) is 0 Å². The van der Waals surface area contributed by atoms with Gasteiger partial charge in [0.2, 0.25) is 11.8 Å². The normalized spacial score (nSPS) is 18.7. The van der Waals surface area contributed by atoms with E-state index in [0.29, 0.717) is 24.8 Å². The number of aryl methyl sites for hydroxylation is 1. The van der Waals surface area contributed by atoms with Crippen molar-refractivity contribution in [3.05, 3.63) is 53.7 Å². The van der Waals surface area contributed by atoms with E-state index in [2.05, 4.69) is 39.7 Å². The first-order valence-corrected chi connectivity index (χ1v) is 8.75. The minimum absolute atomic E-state index is 0.112. The van der Waals surface area contributed by atoms with Gasteiger partial charge in [0, 0.05) is 13.1 Å². The minimum Gasteiger partial charge on any atom is -0.337 e. The van der Waals surface area contributed by atoms with Crippen molar-refractivity contribution < 1.29 is 9.32 Å². The zero-order valence-electron chi connectivity index (χ0n) is 14.5. The van der Waals surface area contributed by atoms with E-state index in [1.807, 2.05) is 23.1 Å². The summed E-state index contributed by atoms with van der Waals surface area (Å²) < 4.78 is 5.15. The van der Waals surface area contributed by atoms with Gasteiger partial charge < -0.3 is 14.7 Å². The van der Waals surface area contributed by atoms with Gasteiger partial charge in [-0.15, -0.1) is 0 Å². The number of rotatable bonds is 6. The van der Waals surface area contributed by atoms with Crippen LogP contribution in [0.3, 0.4) is 0 Å². The smallest absolute Gasteiger partial charge is 0.246 e. The Morgan fingerprint density at radius 1 is 1.32 bits per heavy atom. The lowest BCUT2D eigenvalue weighted by atomic mass is 10.1. The molecule has 132 valence electrons. The molecule has 0 aliphatic carbocycles. The molecule has 1 unspecified atom stereocenters. The van der Waals surface area contributed by atoms with Gasteiger partial charge in [-0.25, -0.2) is 0 Å². The fraction of sp³-hybridized carbons (Fsp3) is 0.421. The van der Waals surface area contributed by atoms with E-state index in [-0.39, 0.29) is 11.9 Å². The monoisotopic (exact) mass is 340 g/mol. The van der Waals surface area contributed by atoms with E-state index in [0.717, 1.165) is 31.4 Å². The summed E-state index contributed by atoms with van der Waals surface area (Å²) >= 11 is 0. The maximum absolute atomic E-state index is 12.8. The Bertz CT molecular complexity index is 711. The highest BCUT2D eigenvalue weighted by atomic mass is 16.5. The molecule has 25 heavy (non-hydrogen) atoms. The second-order valence-corrected chi connectivity index (χ2v) is 6.26. The largest absolute Gasteiger partial charge is 0.337 e. The van der Waals surface area contributed by atoms with Crippen LogP contribution in [0.15, 0.2) is 40.9 Å². The molecule has 1 aliphatic heterocycles. The molecule has 0 spiro atoms. The van der Waals surface area contributed by atoms with Gasteiger partial charge in [0.25, 0.3) is 0 Å². The van der Waals surface area contributed by atoms with Gasteiger partial charge in [-0.3, -0.25) is 4.79 Å². The lowest BCUT2D eigenvalue weighted by Crippen LogP contribution is -2.45. The van der Waals surface area contributed by atoms with Crippen molar-refractivity contribution >= 4 is 12.0 Å². The quantitative estimate of drug-likeness (QED) is 0.875. The molecule has 2 aromatic rings. The molecule has 1 aliphatic rings. The summed E-state index contributed by atoms with van der Waals surface area (Å²) in [4.78, 5) is 18.8. The molecule has 2 heterocycles. The molecule has 0 saturated carbocycles. The summed E-state index contributed by atoms with van der Waals surface area (Å²) in [5.41, 5.74) is 1.16. The summed E-state index contributed by atoms with van der Waals surface area (Å²) in [7, 11) is 0. The van der Waals surface area contributed by atoms with Gasteiger partial charge in [0.1, 0.15) is 6.54 Å². The molecule has 1 N–H and O–H groups in total. The highest BCUT2D eigenvalue weighted by Crippen LogP contribution is 2.15. The number of benzene rings is 1. The topological polar surface area (TPSA) is 71.3 Å². The minimum atomic E-state index is -0.160. The van der Waals surface area contributed by atoms with E-state index in [9.17, 15) is 4.79 Å². The number of carbonyl (C=O) groups excluding carboxylic acids is 1. The summed E-state index contributed by atoms with van der Waals surface area (Å²) in [5.74, 6) is 1.20. The van der Waals surface area contributed by atoms with Crippen molar-refractivity contribution in [2.24, 2.45) is 0 Å². The highest BCUT2D eigenvalue weighted by Gasteiger charge is 2.27. The molecule has 6 nitrogen and oxygen atoms in total. The van der Waals surface area contributed by atoms with Crippen LogP contribution in [-0.4, -0.2) is 40.1 Å². The van der Waals surface area contributed by atoms with Crippen LogP contribution in [0.25, 0.3) is 6.08 Å². The Morgan fingerprint density at radius 3 is 2.92 bits per heavy atom. The van der Waals surface area contributed by atoms with E-state index in [1.54, 1.807) is 6.92 Å². The fourth-order valence-corrected chi connectivity index (χ4v) is 2.99. The van der Waals surface area contributed by atoms with Crippen molar-refractivity contribution in [1.82, 2.24) is 20.4 Å². The van der Waals surface area contributed by atoms with Crippen molar-refractivity contribution in [1.29, 1.82) is 0 Å². The molecule has 0 radical (unpaired) electrons. The van der Waals surface area contributed by atoms with E-state index in [1.165, 1.54) is 0 Å². The van der Waals surface area contributed by atoms with Crippen LogP contribution in [0.4, 0.5) is 0 Å². The number of amides is 1. The van der Waals surface area contributed by atoms with E-state index in [4.69, 9.17) is 4.52 Å². The third-order valence-corrected chi connectivity index (χ3v) is 4.27. The zero-order chi connectivity index (χ0) is 17.5. The number of hydrogen-bond acceptors (Lipinski definition) is 5. The fourth-order valence-electron chi connectivity index (χ4n) is 2.99. The molecule has 1 atom stereocenters. The zero-order valence-corrected chi connectivity index (χ0v) is 14.5. The lowest BCUT2D eigenvalue weighted by molar-refractivity contribution is -0.133. The Hall–Kier alpha value is -2.47. The Kier molecular flexibility index (Phi) is 5.95. The van der Waals surface area contributed by atoms with Crippen LogP contribution >= 0.6 is 0 Å².